The molecule has 1 rings (SSSR count). The average Bonchev–Trinajstić information content (AvgIpc) is 2.23. The molecule has 0 saturated heterocycles. The first-order chi connectivity index (χ1) is 7.91. The van der Waals surface area contributed by atoms with Crippen molar-refractivity contribution < 1.29 is 9.90 Å². The van der Waals surface area contributed by atoms with Crippen molar-refractivity contribution in [1.29, 1.82) is 0 Å². The first-order valence-electron chi connectivity index (χ1n) is 5.82. The minimum absolute atomic E-state index is 0.177. The van der Waals surface area contributed by atoms with Crippen LogP contribution in [0.25, 0.3) is 0 Å². The van der Waals surface area contributed by atoms with Crippen molar-refractivity contribution in [1.82, 2.24) is 0 Å². The van der Waals surface area contributed by atoms with Gasteiger partial charge in [-0.05, 0) is 29.7 Å². The van der Waals surface area contributed by atoms with Gasteiger partial charge < -0.3 is 5.11 Å². The lowest BCUT2D eigenvalue weighted by molar-refractivity contribution is -0.145. The van der Waals surface area contributed by atoms with E-state index in [2.05, 4.69) is 12.1 Å². The Morgan fingerprint density at radius 1 is 1.29 bits per heavy atom. The third-order valence-corrected chi connectivity index (χ3v) is 3.81. The minimum Gasteiger partial charge on any atom is -0.481 e. The van der Waals surface area contributed by atoms with Gasteiger partial charge in [0, 0.05) is 4.90 Å². The number of carboxylic acids is 1. The smallest absolute Gasteiger partial charge is 0.307 e. The Morgan fingerprint density at radius 3 is 2.35 bits per heavy atom. The molecule has 0 radical (unpaired) electrons. The molecule has 2 nitrogen and oxygen atoms in total. The lowest BCUT2D eigenvalue weighted by Gasteiger charge is -2.26. The van der Waals surface area contributed by atoms with Crippen LogP contribution in [0, 0.1) is 11.3 Å². The van der Waals surface area contributed by atoms with Crippen LogP contribution in [0.2, 0.25) is 0 Å². The van der Waals surface area contributed by atoms with Gasteiger partial charge in [-0.1, -0.05) is 39.0 Å². The molecule has 0 amide bonds. The lowest BCUT2D eigenvalue weighted by atomic mass is 9.79. The number of benzene rings is 1. The molecule has 0 heterocycles. The van der Waals surface area contributed by atoms with Crippen molar-refractivity contribution in [3.8, 4) is 0 Å². The first kappa shape index (κ1) is 14.1. The van der Waals surface area contributed by atoms with Gasteiger partial charge in [0.05, 0.1) is 5.92 Å². The summed E-state index contributed by atoms with van der Waals surface area (Å²) in [6.07, 6.45) is 0.707. The number of carbonyl (C=O) groups is 1. The topological polar surface area (TPSA) is 37.3 Å². The fourth-order valence-corrected chi connectivity index (χ4v) is 2.68. The Kier molecular flexibility index (Phi) is 5.06. The second-order valence-corrected chi connectivity index (χ2v) is 6.38. The van der Waals surface area contributed by atoms with E-state index in [1.807, 2.05) is 39.0 Å². The molecular formula is C14H20O2S. The minimum atomic E-state index is -0.689. The summed E-state index contributed by atoms with van der Waals surface area (Å²) in [5.74, 6) is -0.122. The predicted octanol–water partition coefficient (Wildman–Crippen LogP) is 3.92. The largest absolute Gasteiger partial charge is 0.481 e. The van der Waals surface area contributed by atoms with Crippen LogP contribution in [0.1, 0.15) is 27.2 Å². The van der Waals surface area contributed by atoms with Gasteiger partial charge in [0.15, 0.2) is 0 Å². The van der Waals surface area contributed by atoms with Gasteiger partial charge in [0.1, 0.15) is 0 Å². The zero-order valence-electron chi connectivity index (χ0n) is 10.6. The maximum absolute atomic E-state index is 11.2. The third-order valence-electron chi connectivity index (χ3n) is 2.76. The van der Waals surface area contributed by atoms with Crippen molar-refractivity contribution in [3.63, 3.8) is 0 Å². The summed E-state index contributed by atoms with van der Waals surface area (Å²) in [5, 5.41) is 9.20. The van der Waals surface area contributed by atoms with E-state index in [0.29, 0.717) is 6.42 Å². The van der Waals surface area contributed by atoms with E-state index < -0.39 is 5.97 Å². The summed E-state index contributed by atoms with van der Waals surface area (Å²) in [4.78, 5) is 12.4. The number of rotatable bonds is 5. The molecule has 94 valence electrons. The standard InChI is InChI=1S/C14H20O2S/c1-14(2,3)12(13(15)16)9-10-17-11-7-5-4-6-8-11/h4-8,12H,9-10H2,1-3H3,(H,15,16). The highest BCUT2D eigenvalue weighted by atomic mass is 32.2. The maximum atomic E-state index is 11.2. The molecule has 3 heteroatoms. The van der Waals surface area contributed by atoms with Crippen molar-refractivity contribution in [2.75, 3.05) is 5.75 Å². The maximum Gasteiger partial charge on any atom is 0.307 e. The molecule has 0 saturated carbocycles. The Morgan fingerprint density at radius 2 is 1.88 bits per heavy atom. The second-order valence-electron chi connectivity index (χ2n) is 5.21. The van der Waals surface area contributed by atoms with E-state index in [4.69, 9.17) is 0 Å². The van der Waals surface area contributed by atoms with Crippen molar-refractivity contribution in [2.45, 2.75) is 32.1 Å². The van der Waals surface area contributed by atoms with Crippen LogP contribution in [0.15, 0.2) is 35.2 Å². The van der Waals surface area contributed by atoms with E-state index in [-0.39, 0.29) is 11.3 Å². The van der Waals surface area contributed by atoms with E-state index >= 15 is 0 Å². The summed E-state index contributed by atoms with van der Waals surface area (Å²) in [6.45, 7) is 5.96. The van der Waals surface area contributed by atoms with Gasteiger partial charge in [-0.2, -0.15) is 0 Å². The monoisotopic (exact) mass is 252 g/mol. The first-order valence-corrected chi connectivity index (χ1v) is 6.80. The van der Waals surface area contributed by atoms with Crippen LogP contribution < -0.4 is 0 Å². The van der Waals surface area contributed by atoms with Crippen LogP contribution >= 0.6 is 11.8 Å². The molecule has 0 aromatic heterocycles. The molecule has 1 atom stereocenters. The van der Waals surface area contributed by atoms with Gasteiger partial charge in [-0.3, -0.25) is 4.79 Å². The summed E-state index contributed by atoms with van der Waals surface area (Å²) < 4.78 is 0. The Bertz CT molecular complexity index is 354. The van der Waals surface area contributed by atoms with Crippen LogP contribution in [0.3, 0.4) is 0 Å². The van der Waals surface area contributed by atoms with Crippen LogP contribution in [-0.4, -0.2) is 16.8 Å². The SMILES string of the molecule is CC(C)(C)C(CCSc1ccccc1)C(=O)O. The molecule has 1 unspecified atom stereocenters. The third kappa shape index (κ3) is 4.82. The van der Waals surface area contributed by atoms with Crippen LogP contribution in [0.5, 0.6) is 0 Å². The van der Waals surface area contributed by atoms with Crippen molar-refractivity contribution >= 4 is 17.7 Å². The van der Waals surface area contributed by atoms with Crippen LogP contribution in [0.4, 0.5) is 0 Å². The van der Waals surface area contributed by atoms with Gasteiger partial charge in [0.2, 0.25) is 0 Å². The van der Waals surface area contributed by atoms with Gasteiger partial charge in [-0.15, -0.1) is 11.8 Å². The molecular weight excluding hydrogens is 232 g/mol. The van der Waals surface area contributed by atoms with Crippen molar-refractivity contribution in [3.05, 3.63) is 30.3 Å². The predicted molar refractivity (Wildman–Crippen MR) is 72.4 cm³/mol. The normalized spacial score (nSPS) is 13.4. The van der Waals surface area contributed by atoms with Gasteiger partial charge >= 0.3 is 5.97 Å². The van der Waals surface area contributed by atoms with E-state index in [0.717, 1.165) is 5.75 Å². The molecule has 0 aliphatic heterocycles. The summed E-state index contributed by atoms with van der Waals surface area (Å²) in [5.41, 5.74) is -0.177. The number of hydrogen-bond donors (Lipinski definition) is 1. The number of hydrogen-bond acceptors (Lipinski definition) is 2. The van der Waals surface area contributed by atoms with Gasteiger partial charge in [0.25, 0.3) is 0 Å². The molecule has 0 fully saturated rings. The zero-order chi connectivity index (χ0) is 12.9. The fraction of sp³-hybridized carbons (Fsp3) is 0.500. The molecule has 1 aromatic rings. The molecule has 0 bridgehead atoms. The molecule has 0 aliphatic rings. The Balaban J connectivity index is 2.46. The summed E-state index contributed by atoms with van der Waals surface area (Å²) >= 11 is 1.72. The molecule has 0 aliphatic carbocycles. The molecule has 17 heavy (non-hydrogen) atoms. The van der Waals surface area contributed by atoms with E-state index in [1.54, 1.807) is 11.8 Å². The van der Waals surface area contributed by atoms with Crippen molar-refractivity contribution in [2.24, 2.45) is 11.3 Å². The summed E-state index contributed by atoms with van der Waals surface area (Å²) in [6, 6.07) is 10.1. The lowest BCUT2D eigenvalue weighted by Crippen LogP contribution is -2.28. The van der Waals surface area contributed by atoms with Gasteiger partial charge in [-0.25, -0.2) is 0 Å². The number of thioether (sulfide) groups is 1. The number of carboxylic acid groups (broad SMARTS) is 1. The highest BCUT2D eigenvalue weighted by molar-refractivity contribution is 7.99. The highest BCUT2D eigenvalue weighted by Gasteiger charge is 2.30. The highest BCUT2D eigenvalue weighted by Crippen LogP contribution is 2.31. The quantitative estimate of drug-likeness (QED) is 0.807. The summed E-state index contributed by atoms with van der Waals surface area (Å²) in [7, 11) is 0. The fourth-order valence-electron chi connectivity index (χ4n) is 1.74. The van der Waals surface area contributed by atoms with Crippen LogP contribution in [-0.2, 0) is 4.79 Å². The van der Waals surface area contributed by atoms with E-state index in [9.17, 15) is 9.90 Å². The number of aliphatic carboxylic acids is 1. The Hall–Kier alpha value is -0.960. The van der Waals surface area contributed by atoms with E-state index in [1.165, 1.54) is 4.90 Å². The molecule has 0 spiro atoms. The average molecular weight is 252 g/mol. The Labute approximate surface area is 107 Å². The zero-order valence-corrected chi connectivity index (χ0v) is 11.5. The molecule has 1 aromatic carbocycles. The second kappa shape index (κ2) is 6.10. The molecule has 1 N–H and O–H groups in total.